The molecule has 1 aromatic carbocycles. The van der Waals surface area contributed by atoms with Gasteiger partial charge in [-0.15, -0.1) is 11.3 Å². The number of amides is 1. The predicted octanol–water partition coefficient (Wildman–Crippen LogP) is 4.12. The molecular weight excluding hydrogens is 285 g/mol. The van der Waals surface area contributed by atoms with Crippen LogP contribution in [0, 0.1) is 12.7 Å². The largest absolute Gasteiger partial charge is 0.337 e. The molecule has 0 aliphatic rings. The summed E-state index contributed by atoms with van der Waals surface area (Å²) in [5.41, 5.74) is 0.961. The van der Waals surface area contributed by atoms with E-state index in [1.165, 1.54) is 23.5 Å². The fraction of sp³-hybridized carbons (Fsp3) is 0.214. The van der Waals surface area contributed by atoms with Crippen LogP contribution in [0.2, 0.25) is 4.34 Å². The molecule has 0 aliphatic heterocycles. The van der Waals surface area contributed by atoms with Crippen molar-refractivity contribution in [3.8, 4) is 0 Å². The van der Waals surface area contributed by atoms with Crippen LogP contribution in [0.25, 0.3) is 0 Å². The van der Waals surface area contributed by atoms with Crippen LogP contribution in [-0.2, 0) is 6.54 Å². The van der Waals surface area contributed by atoms with Crippen LogP contribution >= 0.6 is 22.9 Å². The van der Waals surface area contributed by atoms with Crippen LogP contribution in [-0.4, -0.2) is 17.9 Å². The molecule has 0 N–H and O–H groups in total. The smallest absolute Gasteiger partial charge is 0.253 e. The number of thiophene rings is 1. The molecule has 2 rings (SSSR count). The molecular formula is C14H13ClFNOS. The zero-order chi connectivity index (χ0) is 14.0. The van der Waals surface area contributed by atoms with Gasteiger partial charge in [-0.05, 0) is 42.8 Å². The summed E-state index contributed by atoms with van der Waals surface area (Å²) in [6, 6.07) is 8.09. The fourth-order valence-corrected chi connectivity index (χ4v) is 2.88. The molecule has 100 valence electrons. The molecule has 0 fully saturated rings. The van der Waals surface area contributed by atoms with Crippen molar-refractivity contribution in [3.63, 3.8) is 0 Å². The number of halogens is 2. The van der Waals surface area contributed by atoms with E-state index in [9.17, 15) is 9.18 Å². The first-order valence-corrected chi connectivity index (χ1v) is 6.92. The van der Waals surface area contributed by atoms with E-state index in [1.807, 2.05) is 12.1 Å². The minimum atomic E-state index is -0.302. The highest BCUT2D eigenvalue weighted by Gasteiger charge is 2.14. The standard InChI is InChI=1S/C14H13ClFNOS/c1-9-7-10(3-5-12(9)16)14(18)17(2)8-11-4-6-13(15)19-11/h3-7H,8H2,1-2H3. The molecule has 5 heteroatoms. The molecule has 1 heterocycles. The lowest BCUT2D eigenvalue weighted by atomic mass is 10.1. The van der Waals surface area contributed by atoms with Crippen molar-refractivity contribution < 1.29 is 9.18 Å². The molecule has 0 unspecified atom stereocenters. The van der Waals surface area contributed by atoms with E-state index >= 15 is 0 Å². The molecule has 0 aliphatic carbocycles. The number of aryl methyl sites for hydroxylation is 1. The Morgan fingerprint density at radius 1 is 1.37 bits per heavy atom. The number of rotatable bonds is 3. The summed E-state index contributed by atoms with van der Waals surface area (Å²) in [5, 5.41) is 0. The van der Waals surface area contributed by atoms with Gasteiger partial charge in [-0.25, -0.2) is 4.39 Å². The third-order valence-corrected chi connectivity index (χ3v) is 3.99. The van der Waals surface area contributed by atoms with E-state index in [-0.39, 0.29) is 11.7 Å². The lowest BCUT2D eigenvalue weighted by molar-refractivity contribution is 0.0786. The predicted molar refractivity (Wildman–Crippen MR) is 76.3 cm³/mol. The molecule has 0 saturated heterocycles. The maximum atomic E-state index is 13.2. The van der Waals surface area contributed by atoms with Crippen LogP contribution < -0.4 is 0 Å². The monoisotopic (exact) mass is 297 g/mol. The fourth-order valence-electron chi connectivity index (χ4n) is 1.74. The van der Waals surface area contributed by atoms with Crippen LogP contribution in [0.15, 0.2) is 30.3 Å². The summed E-state index contributed by atoms with van der Waals surface area (Å²) >= 11 is 7.30. The van der Waals surface area contributed by atoms with Crippen LogP contribution in [0.5, 0.6) is 0 Å². The van der Waals surface area contributed by atoms with Gasteiger partial charge >= 0.3 is 0 Å². The second-order valence-corrected chi connectivity index (χ2v) is 6.13. The Labute approximate surface area is 120 Å². The van der Waals surface area contributed by atoms with E-state index in [0.717, 1.165) is 4.88 Å². The summed E-state index contributed by atoms with van der Waals surface area (Å²) in [7, 11) is 1.72. The third kappa shape index (κ3) is 3.33. The molecule has 2 nitrogen and oxygen atoms in total. The summed E-state index contributed by atoms with van der Waals surface area (Å²) in [5.74, 6) is -0.433. The van der Waals surface area contributed by atoms with Gasteiger partial charge in [-0.3, -0.25) is 4.79 Å². The Morgan fingerprint density at radius 3 is 2.68 bits per heavy atom. The highest BCUT2D eigenvalue weighted by Crippen LogP contribution is 2.23. The molecule has 1 amide bonds. The summed E-state index contributed by atoms with van der Waals surface area (Å²) in [6.45, 7) is 2.14. The van der Waals surface area contributed by atoms with Crippen LogP contribution in [0.3, 0.4) is 0 Å². The van der Waals surface area contributed by atoms with Crippen molar-refractivity contribution in [2.45, 2.75) is 13.5 Å². The Balaban J connectivity index is 2.12. The topological polar surface area (TPSA) is 20.3 Å². The summed E-state index contributed by atoms with van der Waals surface area (Å²) in [6.07, 6.45) is 0. The number of carbonyl (C=O) groups is 1. The lowest BCUT2D eigenvalue weighted by Crippen LogP contribution is -2.25. The highest BCUT2D eigenvalue weighted by atomic mass is 35.5. The molecule has 0 saturated carbocycles. The lowest BCUT2D eigenvalue weighted by Gasteiger charge is -2.16. The first-order valence-electron chi connectivity index (χ1n) is 5.73. The zero-order valence-electron chi connectivity index (χ0n) is 10.6. The number of carbonyl (C=O) groups excluding carboxylic acids is 1. The second-order valence-electron chi connectivity index (χ2n) is 4.33. The van der Waals surface area contributed by atoms with Gasteiger partial charge < -0.3 is 4.90 Å². The normalized spacial score (nSPS) is 10.5. The Kier molecular flexibility index (Phi) is 4.22. The van der Waals surface area contributed by atoms with Gasteiger partial charge in [0, 0.05) is 17.5 Å². The van der Waals surface area contributed by atoms with Crippen molar-refractivity contribution >= 4 is 28.8 Å². The van der Waals surface area contributed by atoms with Gasteiger partial charge in [0.1, 0.15) is 5.82 Å². The summed E-state index contributed by atoms with van der Waals surface area (Å²) < 4.78 is 13.9. The second kappa shape index (κ2) is 5.72. The van der Waals surface area contributed by atoms with Crippen molar-refractivity contribution in [2.24, 2.45) is 0 Å². The highest BCUT2D eigenvalue weighted by molar-refractivity contribution is 7.16. The van der Waals surface area contributed by atoms with Gasteiger partial charge in [0.15, 0.2) is 0 Å². The van der Waals surface area contributed by atoms with E-state index in [2.05, 4.69) is 0 Å². The minimum absolute atomic E-state index is 0.132. The quantitative estimate of drug-likeness (QED) is 0.834. The molecule has 0 atom stereocenters. The first kappa shape index (κ1) is 14.0. The number of hydrogen-bond donors (Lipinski definition) is 0. The minimum Gasteiger partial charge on any atom is -0.337 e. The number of hydrogen-bond acceptors (Lipinski definition) is 2. The molecule has 2 aromatic rings. The average Bonchev–Trinajstić information content (AvgIpc) is 2.77. The van der Waals surface area contributed by atoms with Crippen molar-refractivity contribution in [2.75, 3.05) is 7.05 Å². The molecule has 1 aromatic heterocycles. The van der Waals surface area contributed by atoms with Gasteiger partial charge in [0.05, 0.1) is 10.9 Å². The molecule has 0 spiro atoms. The van der Waals surface area contributed by atoms with Crippen molar-refractivity contribution in [1.29, 1.82) is 0 Å². The number of nitrogens with zero attached hydrogens (tertiary/aromatic N) is 1. The zero-order valence-corrected chi connectivity index (χ0v) is 12.2. The van der Waals surface area contributed by atoms with E-state index in [1.54, 1.807) is 24.9 Å². The third-order valence-electron chi connectivity index (χ3n) is 2.77. The van der Waals surface area contributed by atoms with Crippen LogP contribution in [0.1, 0.15) is 20.8 Å². The SMILES string of the molecule is Cc1cc(C(=O)N(C)Cc2ccc(Cl)s2)ccc1F. The van der Waals surface area contributed by atoms with E-state index < -0.39 is 0 Å². The maximum absolute atomic E-state index is 13.2. The molecule has 0 bridgehead atoms. The summed E-state index contributed by atoms with van der Waals surface area (Å²) in [4.78, 5) is 14.8. The number of benzene rings is 1. The van der Waals surface area contributed by atoms with Gasteiger partial charge in [0.25, 0.3) is 5.91 Å². The first-order chi connectivity index (χ1) is 8.97. The molecule has 0 radical (unpaired) electrons. The Bertz CT molecular complexity index is 611. The van der Waals surface area contributed by atoms with Gasteiger partial charge in [-0.1, -0.05) is 11.6 Å². The van der Waals surface area contributed by atoms with E-state index in [0.29, 0.717) is 22.0 Å². The van der Waals surface area contributed by atoms with Crippen molar-refractivity contribution in [1.82, 2.24) is 4.90 Å². The Morgan fingerprint density at radius 2 is 2.11 bits per heavy atom. The van der Waals surface area contributed by atoms with E-state index in [4.69, 9.17) is 11.6 Å². The Hall–Kier alpha value is -1.39. The molecule has 19 heavy (non-hydrogen) atoms. The van der Waals surface area contributed by atoms with Crippen LogP contribution in [0.4, 0.5) is 4.39 Å². The average molecular weight is 298 g/mol. The van der Waals surface area contributed by atoms with Crippen molar-refractivity contribution in [3.05, 3.63) is 56.5 Å². The maximum Gasteiger partial charge on any atom is 0.253 e. The van der Waals surface area contributed by atoms with Gasteiger partial charge in [0.2, 0.25) is 0 Å². The van der Waals surface area contributed by atoms with Gasteiger partial charge in [-0.2, -0.15) is 0 Å².